The van der Waals surface area contributed by atoms with Crippen molar-refractivity contribution < 1.29 is 17.2 Å². The van der Waals surface area contributed by atoms with E-state index in [1.807, 2.05) is 0 Å². The van der Waals surface area contributed by atoms with Crippen LogP contribution in [0.5, 0.6) is 0 Å². The number of sulfonamides is 1. The second-order valence-electron chi connectivity index (χ2n) is 4.33. The quantitative estimate of drug-likeness (QED) is 0.735. The molecule has 0 aliphatic heterocycles. The highest BCUT2D eigenvalue weighted by molar-refractivity contribution is 9.09. The molecule has 0 heterocycles. The van der Waals surface area contributed by atoms with Gasteiger partial charge in [-0.15, -0.1) is 0 Å². The van der Waals surface area contributed by atoms with Gasteiger partial charge >= 0.3 is 0 Å². The Balaban J connectivity index is 3.19. The van der Waals surface area contributed by atoms with E-state index in [1.165, 1.54) is 4.31 Å². The fraction of sp³-hybridized carbons (Fsp3) is 0.500. The van der Waals surface area contributed by atoms with Crippen molar-refractivity contribution in [1.82, 2.24) is 4.31 Å². The van der Waals surface area contributed by atoms with Crippen LogP contribution in [0.15, 0.2) is 23.1 Å². The van der Waals surface area contributed by atoms with Crippen LogP contribution in [0.4, 0.5) is 8.78 Å². The van der Waals surface area contributed by atoms with Crippen LogP contribution in [0, 0.1) is 11.6 Å². The number of benzene rings is 1. The maximum Gasteiger partial charge on any atom is 0.246 e. The number of alkyl halides is 1. The molecule has 0 aliphatic carbocycles. The normalized spacial score (nSPS) is 12.4. The topological polar surface area (TPSA) is 37.4 Å². The molecule has 1 aromatic carbocycles. The molecule has 0 spiro atoms. The van der Waals surface area contributed by atoms with Gasteiger partial charge in [-0.2, -0.15) is 4.31 Å². The van der Waals surface area contributed by atoms with Crippen molar-refractivity contribution in [2.45, 2.75) is 31.2 Å². The van der Waals surface area contributed by atoms with Crippen molar-refractivity contribution in [1.29, 1.82) is 0 Å². The van der Waals surface area contributed by atoms with Gasteiger partial charge in [0.2, 0.25) is 10.0 Å². The van der Waals surface area contributed by atoms with Gasteiger partial charge in [-0.05, 0) is 32.4 Å². The zero-order chi connectivity index (χ0) is 14.6. The molecule has 0 unspecified atom stereocenters. The first-order valence-electron chi connectivity index (χ1n) is 5.83. The van der Waals surface area contributed by atoms with Gasteiger partial charge in [-0.1, -0.05) is 15.9 Å². The van der Waals surface area contributed by atoms with E-state index < -0.39 is 26.6 Å². The molecule has 108 valence electrons. The van der Waals surface area contributed by atoms with Gasteiger partial charge in [-0.25, -0.2) is 17.2 Å². The predicted octanol–water partition coefficient (Wildman–Crippen LogP) is 3.15. The molecule has 0 aromatic heterocycles. The van der Waals surface area contributed by atoms with E-state index in [1.54, 1.807) is 13.8 Å². The van der Waals surface area contributed by atoms with Crippen LogP contribution in [0.3, 0.4) is 0 Å². The van der Waals surface area contributed by atoms with Gasteiger partial charge < -0.3 is 0 Å². The van der Waals surface area contributed by atoms with Crippen molar-refractivity contribution in [3.63, 3.8) is 0 Å². The SMILES string of the molecule is CC(C)N(CCCBr)S(=O)(=O)c1ccc(F)cc1F. The Kier molecular flexibility index (Phi) is 5.88. The third kappa shape index (κ3) is 3.97. The molecule has 0 N–H and O–H groups in total. The van der Waals surface area contributed by atoms with Gasteiger partial charge in [0.05, 0.1) is 0 Å². The summed E-state index contributed by atoms with van der Waals surface area (Å²) in [5, 5.41) is 0.650. The van der Waals surface area contributed by atoms with Gasteiger partial charge in [0.25, 0.3) is 0 Å². The minimum absolute atomic E-state index is 0.280. The van der Waals surface area contributed by atoms with E-state index in [0.717, 1.165) is 12.1 Å². The average molecular weight is 356 g/mol. The standard InChI is InChI=1S/C12H16BrF2NO2S/c1-9(2)16(7-3-6-13)19(17,18)12-5-4-10(14)8-11(12)15/h4-5,8-9H,3,6-7H2,1-2H3. The van der Waals surface area contributed by atoms with Crippen LogP contribution in [-0.2, 0) is 10.0 Å². The molecule has 0 atom stereocenters. The lowest BCUT2D eigenvalue weighted by atomic mass is 10.3. The molecular formula is C12H16BrF2NO2S. The Morgan fingerprint density at radius 3 is 2.42 bits per heavy atom. The Labute approximate surface area is 120 Å². The van der Waals surface area contributed by atoms with Crippen molar-refractivity contribution in [2.24, 2.45) is 0 Å². The molecule has 19 heavy (non-hydrogen) atoms. The van der Waals surface area contributed by atoms with Crippen molar-refractivity contribution in [3.05, 3.63) is 29.8 Å². The first kappa shape index (κ1) is 16.5. The number of hydrogen-bond acceptors (Lipinski definition) is 2. The van der Waals surface area contributed by atoms with E-state index in [2.05, 4.69) is 15.9 Å². The minimum atomic E-state index is -3.95. The van der Waals surface area contributed by atoms with Crippen LogP contribution in [-0.4, -0.2) is 30.6 Å². The van der Waals surface area contributed by atoms with E-state index in [0.29, 0.717) is 17.8 Å². The lowest BCUT2D eigenvalue weighted by molar-refractivity contribution is 0.353. The largest absolute Gasteiger partial charge is 0.246 e. The zero-order valence-corrected chi connectivity index (χ0v) is 13.1. The molecule has 7 heteroatoms. The highest BCUT2D eigenvalue weighted by atomic mass is 79.9. The van der Waals surface area contributed by atoms with Crippen LogP contribution in [0.25, 0.3) is 0 Å². The van der Waals surface area contributed by atoms with Gasteiger partial charge in [0, 0.05) is 24.0 Å². The molecule has 0 saturated carbocycles. The molecule has 3 nitrogen and oxygen atoms in total. The number of hydrogen-bond donors (Lipinski definition) is 0. The smallest absolute Gasteiger partial charge is 0.207 e. The summed E-state index contributed by atoms with van der Waals surface area (Å²) in [6, 6.07) is 2.19. The summed E-state index contributed by atoms with van der Waals surface area (Å²) in [4.78, 5) is -0.489. The summed E-state index contributed by atoms with van der Waals surface area (Å²) >= 11 is 3.23. The van der Waals surface area contributed by atoms with E-state index >= 15 is 0 Å². The summed E-state index contributed by atoms with van der Waals surface area (Å²) in [5.41, 5.74) is 0. The summed E-state index contributed by atoms with van der Waals surface area (Å²) in [7, 11) is -3.95. The molecular weight excluding hydrogens is 340 g/mol. The van der Waals surface area contributed by atoms with Crippen molar-refractivity contribution in [2.75, 3.05) is 11.9 Å². The lowest BCUT2D eigenvalue weighted by Crippen LogP contribution is -2.38. The second kappa shape index (κ2) is 6.76. The van der Waals surface area contributed by atoms with Crippen LogP contribution < -0.4 is 0 Å². The summed E-state index contributed by atoms with van der Waals surface area (Å²) < 4.78 is 52.4. The Bertz CT molecular complexity index is 535. The summed E-state index contributed by atoms with van der Waals surface area (Å²) in [6.07, 6.45) is 0.611. The molecule has 1 rings (SSSR count). The molecule has 1 aromatic rings. The molecule has 0 radical (unpaired) electrons. The molecule has 0 amide bonds. The molecule has 0 aliphatic rings. The molecule has 0 saturated heterocycles. The number of halogens is 3. The minimum Gasteiger partial charge on any atom is -0.207 e. The van der Waals surface area contributed by atoms with Crippen LogP contribution in [0.1, 0.15) is 20.3 Å². The lowest BCUT2D eigenvalue weighted by Gasteiger charge is -2.25. The summed E-state index contributed by atoms with van der Waals surface area (Å²) in [6.45, 7) is 3.71. The third-order valence-electron chi connectivity index (χ3n) is 2.57. The number of rotatable bonds is 6. The fourth-order valence-corrected chi connectivity index (χ4v) is 3.66. The van der Waals surface area contributed by atoms with Crippen molar-refractivity contribution in [3.8, 4) is 0 Å². The summed E-state index contributed by atoms with van der Waals surface area (Å²) in [5.74, 6) is -1.86. The van der Waals surface area contributed by atoms with Gasteiger partial charge in [-0.3, -0.25) is 0 Å². The highest BCUT2D eigenvalue weighted by Gasteiger charge is 2.29. The highest BCUT2D eigenvalue weighted by Crippen LogP contribution is 2.22. The fourth-order valence-electron chi connectivity index (χ4n) is 1.68. The monoisotopic (exact) mass is 355 g/mol. The zero-order valence-electron chi connectivity index (χ0n) is 10.7. The van der Waals surface area contributed by atoms with E-state index in [-0.39, 0.29) is 12.6 Å². The van der Waals surface area contributed by atoms with Gasteiger partial charge in [0.15, 0.2) is 0 Å². The maximum atomic E-state index is 13.6. The van der Waals surface area contributed by atoms with Crippen LogP contribution in [0.2, 0.25) is 0 Å². The third-order valence-corrected chi connectivity index (χ3v) is 5.24. The first-order chi connectivity index (χ1) is 8.80. The molecule has 0 fully saturated rings. The van der Waals surface area contributed by atoms with Crippen LogP contribution >= 0.6 is 15.9 Å². The molecule has 0 bridgehead atoms. The van der Waals surface area contributed by atoms with E-state index in [9.17, 15) is 17.2 Å². The Hall–Kier alpha value is -0.530. The Morgan fingerprint density at radius 1 is 1.32 bits per heavy atom. The Morgan fingerprint density at radius 2 is 1.95 bits per heavy atom. The van der Waals surface area contributed by atoms with Crippen molar-refractivity contribution >= 4 is 26.0 Å². The number of nitrogens with zero attached hydrogens (tertiary/aromatic N) is 1. The first-order valence-corrected chi connectivity index (χ1v) is 8.39. The van der Waals surface area contributed by atoms with Gasteiger partial charge in [0.1, 0.15) is 16.5 Å². The maximum absolute atomic E-state index is 13.6. The predicted molar refractivity (Wildman–Crippen MR) is 73.8 cm³/mol. The van der Waals surface area contributed by atoms with E-state index in [4.69, 9.17) is 0 Å². The average Bonchev–Trinajstić information content (AvgIpc) is 2.27. The second-order valence-corrected chi connectivity index (χ2v) is 6.98.